The molecule has 14 nitrogen and oxygen atoms in total. The van der Waals surface area contributed by atoms with Crippen molar-refractivity contribution in [2.24, 2.45) is 27.6 Å². The number of carbonyl (C=O) groups is 5. The van der Waals surface area contributed by atoms with Gasteiger partial charge in [0, 0.05) is 18.6 Å². The van der Waals surface area contributed by atoms with E-state index in [0.717, 1.165) is 19.3 Å². The summed E-state index contributed by atoms with van der Waals surface area (Å²) in [6.45, 7) is 14.8. The highest BCUT2D eigenvalue weighted by Gasteiger charge is 2.44. The quantitative estimate of drug-likeness (QED) is 0.0352. The monoisotopic (exact) mass is 888 g/mol. The molecule has 0 radical (unpaired) electrons. The van der Waals surface area contributed by atoms with E-state index in [9.17, 15) is 39.4 Å². The molecule has 0 bridgehead atoms. The summed E-state index contributed by atoms with van der Waals surface area (Å²) in [4.78, 5) is 64.8. The Kier molecular flexibility index (Phi) is 28.0. The first-order valence-electron chi connectivity index (χ1n) is 22.0. The van der Waals surface area contributed by atoms with E-state index >= 15 is 0 Å². The van der Waals surface area contributed by atoms with Crippen LogP contribution in [0.4, 0.5) is 0 Å². The van der Waals surface area contributed by atoms with Gasteiger partial charge in [0.2, 0.25) is 0 Å². The van der Waals surface area contributed by atoms with Crippen molar-refractivity contribution in [3.8, 4) is 6.07 Å². The number of methoxy groups -OCH3 is 2. The molecule has 0 aromatic rings. The highest BCUT2D eigenvalue weighted by molar-refractivity contribution is 7.99. The third-order valence-corrected chi connectivity index (χ3v) is 12.2. The predicted molar refractivity (Wildman–Crippen MR) is 235 cm³/mol. The van der Waals surface area contributed by atoms with E-state index in [1.807, 2.05) is 13.8 Å². The van der Waals surface area contributed by atoms with E-state index in [2.05, 4.69) is 13.0 Å². The molecule has 0 aliphatic carbocycles. The number of unbranched alkanes of at least 4 members (excludes halogenated alkanes) is 9. The molecule has 4 atom stereocenters. The van der Waals surface area contributed by atoms with Crippen LogP contribution < -0.4 is 0 Å². The van der Waals surface area contributed by atoms with E-state index in [-0.39, 0.29) is 50.6 Å². The molecule has 0 rings (SSSR count). The van der Waals surface area contributed by atoms with Crippen LogP contribution >= 0.6 is 11.8 Å². The Bertz CT molecular complexity index is 1360. The molecule has 15 heteroatoms. The zero-order valence-corrected chi connectivity index (χ0v) is 40.3. The third-order valence-electron chi connectivity index (χ3n) is 10.8. The van der Waals surface area contributed by atoms with E-state index in [0.29, 0.717) is 18.8 Å². The van der Waals surface area contributed by atoms with Crippen molar-refractivity contribution in [2.45, 2.75) is 170 Å². The van der Waals surface area contributed by atoms with Gasteiger partial charge in [-0.05, 0) is 87.5 Å². The van der Waals surface area contributed by atoms with E-state index < -0.39 is 76.4 Å². The van der Waals surface area contributed by atoms with Crippen LogP contribution in [0.15, 0.2) is 0 Å². The van der Waals surface area contributed by atoms with Crippen LogP contribution in [0.2, 0.25) is 0 Å². The molecule has 354 valence electrons. The lowest BCUT2D eigenvalue weighted by Crippen LogP contribution is -2.40. The topological polar surface area (TPSA) is 205 Å². The maximum Gasteiger partial charge on any atom is 0.312 e. The first-order valence-corrected chi connectivity index (χ1v) is 23.2. The highest BCUT2D eigenvalue weighted by Crippen LogP contribution is 2.41. The van der Waals surface area contributed by atoms with Crippen LogP contribution in [0.25, 0.3) is 0 Å². The maximum absolute atomic E-state index is 13.2. The van der Waals surface area contributed by atoms with Crippen LogP contribution in [-0.2, 0) is 52.4 Å². The summed E-state index contributed by atoms with van der Waals surface area (Å²) in [6.07, 6.45) is 10.9. The first kappa shape index (κ1) is 58.1. The van der Waals surface area contributed by atoms with Gasteiger partial charge in [0.05, 0.1) is 66.0 Å². The number of ether oxygens (including phenoxy) is 6. The van der Waals surface area contributed by atoms with Gasteiger partial charge in [0.25, 0.3) is 0 Å². The average Bonchev–Trinajstić information content (AvgIpc) is 3.20. The lowest BCUT2D eigenvalue weighted by Gasteiger charge is -2.35. The number of rotatable bonds is 35. The van der Waals surface area contributed by atoms with Crippen molar-refractivity contribution in [3.05, 3.63) is 0 Å². The number of esters is 5. The van der Waals surface area contributed by atoms with Gasteiger partial charge in [-0.25, -0.2) is 0 Å². The smallest absolute Gasteiger partial charge is 0.312 e. The number of hydrogen-bond donors (Lipinski definition) is 2. The molecule has 0 heterocycles. The van der Waals surface area contributed by atoms with Crippen LogP contribution in [-0.4, -0.2) is 111 Å². The second-order valence-electron chi connectivity index (χ2n) is 18.9. The maximum atomic E-state index is 13.2. The number of nitrogens with zero attached hydrogens (tertiary/aromatic N) is 1. The molecule has 0 saturated heterocycles. The van der Waals surface area contributed by atoms with E-state index in [4.69, 9.17) is 28.4 Å². The number of carbonyl (C=O) groups excluding carboxylic acids is 5. The molecule has 0 amide bonds. The fraction of sp³-hybridized carbons (Fsp3) is 0.870. The minimum atomic E-state index is -1.32. The molecule has 0 saturated carbocycles. The number of nitriles is 1. The first-order chi connectivity index (χ1) is 28.5. The van der Waals surface area contributed by atoms with E-state index in [1.165, 1.54) is 70.9 Å². The average molecular weight is 888 g/mol. The minimum absolute atomic E-state index is 0.0251. The van der Waals surface area contributed by atoms with Gasteiger partial charge >= 0.3 is 29.8 Å². The SMILES string of the molecule is CCCCCCCCCCCCOC(=O)C(C)(C)CC(C)(CSCCC(=O)OCC(O)COC(=O)C(C)(C)CC(CC(C)(C#N)CC(C)(C)OC)C(=O)OCCO)C(=O)OC. The van der Waals surface area contributed by atoms with Gasteiger partial charge in [0.1, 0.15) is 25.9 Å². The highest BCUT2D eigenvalue weighted by atomic mass is 32.2. The molecule has 2 N–H and O–H groups in total. The number of aliphatic hydroxyl groups excluding tert-OH is 2. The Labute approximate surface area is 371 Å². The lowest BCUT2D eigenvalue weighted by molar-refractivity contribution is -0.163. The Morgan fingerprint density at radius 1 is 0.689 bits per heavy atom. The van der Waals surface area contributed by atoms with E-state index in [1.54, 1.807) is 41.5 Å². The largest absolute Gasteiger partial charge is 0.469 e. The number of thioether (sulfide) groups is 1. The van der Waals surface area contributed by atoms with Gasteiger partial charge in [-0.1, -0.05) is 64.7 Å². The van der Waals surface area contributed by atoms with Crippen molar-refractivity contribution in [2.75, 3.05) is 58.8 Å². The van der Waals surface area contributed by atoms with Gasteiger partial charge in [-0.2, -0.15) is 17.0 Å². The molecule has 0 aliphatic rings. The van der Waals surface area contributed by atoms with Crippen LogP contribution in [0.5, 0.6) is 0 Å². The fourth-order valence-electron chi connectivity index (χ4n) is 7.47. The van der Waals surface area contributed by atoms with Gasteiger partial charge < -0.3 is 38.6 Å². The van der Waals surface area contributed by atoms with Crippen molar-refractivity contribution in [3.63, 3.8) is 0 Å². The van der Waals surface area contributed by atoms with Crippen LogP contribution in [0.3, 0.4) is 0 Å². The third kappa shape index (κ3) is 24.5. The van der Waals surface area contributed by atoms with Crippen molar-refractivity contribution in [1.29, 1.82) is 5.26 Å². The molecule has 4 unspecified atom stereocenters. The summed E-state index contributed by atoms with van der Waals surface area (Å²) >= 11 is 1.34. The van der Waals surface area contributed by atoms with Gasteiger partial charge in [-0.3, -0.25) is 24.0 Å². The second-order valence-corrected chi connectivity index (χ2v) is 20.0. The zero-order valence-electron chi connectivity index (χ0n) is 39.5. The summed E-state index contributed by atoms with van der Waals surface area (Å²) in [6, 6.07) is 2.28. The molecule has 0 fully saturated rings. The Balaban J connectivity index is 4.98. The van der Waals surface area contributed by atoms with Gasteiger partial charge in [-0.15, -0.1) is 0 Å². The van der Waals surface area contributed by atoms with Crippen molar-refractivity contribution >= 4 is 41.6 Å². The predicted octanol–water partition coefficient (Wildman–Crippen LogP) is 7.92. The molecular weight excluding hydrogens is 807 g/mol. The number of hydrogen-bond acceptors (Lipinski definition) is 15. The Morgan fingerprint density at radius 2 is 1.25 bits per heavy atom. The summed E-state index contributed by atoms with van der Waals surface area (Å²) in [5, 5.41) is 29.7. The Hall–Kier alpha value is -2.93. The lowest BCUT2D eigenvalue weighted by atomic mass is 9.71. The molecule has 0 aromatic carbocycles. The Morgan fingerprint density at radius 3 is 1.79 bits per heavy atom. The van der Waals surface area contributed by atoms with Crippen LogP contribution in [0, 0.1) is 38.9 Å². The molecule has 61 heavy (non-hydrogen) atoms. The van der Waals surface area contributed by atoms with Crippen LogP contribution in [0.1, 0.15) is 159 Å². The fourth-order valence-corrected chi connectivity index (χ4v) is 8.60. The summed E-state index contributed by atoms with van der Waals surface area (Å²) < 4.78 is 32.0. The number of aliphatic hydroxyl groups is 2. The standard InChI is InChI=1S/C46H81NO13S/c1-12-13-14-15-16-17-18-19-20-21-24-58-40(53)43(4,5)31-46(9,41(54)55-10)34-61-26-22-37(50)59-29-36(49)30-60-39(52)42(2,3)27-35(38(51)57-25-23-48)28-45(8,33-47)32-44(6,7)56-11/h35-36,48-49H,12-32,34H2,1-11H3. The summed E-state index contributed by atoms with van der Waals surface area (Å²) in [5.41, 5.74) is -4.91. The summed E-state index contributed by atoms with van der Waals surface area (Å²) in [5.74, 6) is -3.15. The summed E-state index contributed by atoms with van der Waals surface area (Å²) in [7, 11) is 2.83. The molecule has 0 aliphatic heterocycles. The van der Waals surface area contributed by atoms with Gasteiger partial charge in [0.15, 0.2) is 0 Å². The minimum Gasteiger partial charge on any atom is -0.469 e. The normalized spacial score (nSPS) is 15.0. The molecular formula is C46H81NO13S. The zero-order chi connectivity index (χ0) is 46.8. The second kappa shape index (κ2) is 29.4. The van der Waals surface area contributed by atoms with Crippen molar-refractivity contribution in [1.82, 2.24) is 0 Å². The molecule has 0 spiro atoms. The molecule has 0 aromatic heterocycles. The van der Waals surface area contributed by atoms with Crippen molar-refractivity contribution < 1.29 is 62.6 Å².